The standard InChI is InChI=1S/C30H32N4O2/c1-21(2)28(33-29(35)26-11-6-4-9-22(26)3)30(36)31-19-25-10-5-7-12-27(25)24-15-13-23(14-16-24)20-34-18-8-17-32-34/h4-18,21,28H,19-20H2,1-3H3,(H,31,36)(H,33,35). The molecule has 6 heteroatoms. The van der Waals surface area contributed by atoms with Crippen LogP contribution in [0.2, 0.25) is 0 Å². The molecule has 4 rings (SSSR count). The topological polar surface area (TPSA) is 76.0 Å². The molecular formula is C30H32N4O2. The van der Waals surface area contributed by atoms with Gasteiger partial charge in [0.2, 0.25) is 5.91 Å². The summed E-state index contributed by atoms with van der Waals surface area (Å²) in [5.74, 6) is -0.496. The first kappa shape index (κ1) is 24.9. The molecule has 36 heavy (non-hydrogen) atoms. The Bertz CT molecular complexity index is 1310. The van der Waals surface area contributed by atoms with Gasteiger partial charge in [0, 0.05) is 24.5 Å². The van der Waals surface area contributed by atoms with E-state index in [-0.39, 0.29) is 17.7 Å². The zero-order valence-corrected chi connectivity index (χ0v) is 20.9. The van der Waals surface area contributed by atoms with Crippen LogP contribution in [0.3, 0.4) is 0 Å². The minimum Gasteiger partial charge on any atom is -0.350 e. The molecule has 0 saturated heterocycles. The molecule has 4 aromatic rings. The van der Waals surface area contributed by atoms with Crippen LogP contribution in [0.5, 0.6) is 0 Å². The maximum atomic E-state index is 13.1. The van der Waals surface area contributed by atoms with Crippen LogP contribution in [0.15, 0.2) is 91.3 Å². The van der Waals surface area contributed by atoms with E-state index in [1.807, 2.05) is 74.1 Å². The molecular weight excluding hydrogens is 448 g/mol. The van der Waals surface area contributed by atoms with Crippen LogP contribution in [-0.2, 0) is 17.9 Å². The Labute approximate surface area is 212 Å². The highest BCUT2D eigenvalue weighted by atomic mass is 16.2. The van der Waals surface area contributed by atoms with Gasteiger partial charge in [-0.15, -0.1) is 0 Å². The Kier molecular flexibility index (Phi) is 7.95. The number of rotatable bonds is 9. The van der Waals surface area contributed by atoms with Crippen molar-refractivity contribution in [2.24, 2.45) is 5.92 Å². The number of benzene rings is 3. The number of amides is 2. The maximum Gasteiger partial charge on any atom is 0.252 e. The third-order valence-electron chi connectivity index (χ3n) is 6.26. The molecule has 0 bridgehead atoms. The van der Waals surface area contributed by atoms with Gasteiger partial charge in [-0.05, 0) is 52.8 Å². The van der Waals surface area contributed by atoms with Gasteiger partial charge in [-0.25, -0.2) is 0 Å². The van der Waals surface area contributed by atoms with E-state index in [9.17, 15) is 9.59 Å². The van der Waals surface area contributed by atoms with E-state index in [1.54, 1.807) is 12.3 Å². The zero-order valence-electron chi connectivity index (χ0n) is 20.9. The van der Waals surface area contributed by atoms with Crippen molar-refractivity contribution in [3.8, 4) is 11.1 Å². The SMILES string of the molecule is Cc1ccccc1C(=O)NC(C(=O)NCc1ccccc1-c1ccc(Cn2cccn2)cc1)C(C)C. The number of nitrogens with one attached hydrogen (secondary N) is 2. The van der Waals surface area contributed by atoms with Crippen LogP contribution in [0.1, 0.15) is 40.9 Å². The fourth-order valence-corrected chi connectivity index (χ4v) is 4.20. The molecule has 1 unspecified atom stereocenters. The zero-order chi connectivity index (χ0) is 25.5. The highest BCUT2D eigenvalue weighted by molar-refractivity contribution is 5.98. The number of carbonyl (C=O) groups excluding carboxylic acids is 2. The number of nitrogens with zero attached hydrogens (tertiary/aromatic N) is 2. The second-order valence-electron chi connectivity index (χ2n) is 9.29. The summed E-state index contributed by atoms with van der Waals surface area (Å²) in [6, 6.07) is 25.1. The first-order valence-corrected chi connectivity index (χ1v) is 12.2. The fraction of sp³-hybridized carbons (Fsp3) is 0.233. The first-order valence-electron chi connectivity index (χ1n) is 12.2. The van der Waals surface area contributed by atoms with E-state index in [1.165, 1.54) is 0 Å². The highest BCUT2D eigenvalue weighted by Gasteiger charge is 2.25. The van der Waals surface area contributed by atoms with Gasteiger partial charge in [0.15, 0.2) is 0 Å². The summed E-state index contributed by atoms with van der Waals surface area (Å²) >= 11 is 0. The number of hydrogen-bond donors (Lipinski definition) is 2. The second kappa shape index (κ2) is 11.5. The molecule has 1 aromatic heterocycles. The van der Waals surface area contributed by atoms with Crippen molar-refractivity contribution in [2.75, 3.05) is 0 Å². The van der Waals surface area contributed by atoms with E-state index < -0.39 is 6.04 Å². The molecule has 0 radical (unpaired) electrons. The number of hydrogen-bond acceptors (Lipinski definition) is 3. The molecule has 0 aliphatic heterocycles. The lowest BCUT2D eigenvalue weighted by molar-refractivity contribution is -0.124. The quantitative estimate of drug-likeness (QED) is 0.355. The summed E-state index contributed by atoms with van der Waals surface area (Å²) in [6.45, 7) is 6.84. The highest BCUT2D eigenvalue weighted by Crippen LogP contribution is 2.24. The largest absolute Gasteiger partial charge is 0.350 e. The number of aryl methyl sites for hydroxylation is 1. The molecule has 0 spiro atoms. The van der Waals surface area contributed by atoms with Gasteiger partial charge in [-0.1, -0.05) is 80.6 Å². The molecule has 0 fully saturated rings. The minimum atomic E-state index is -0.633. The molecule has 6 nitrogen and oxygen atoms in total. The smallest absolute Gasteiger partial charge is 0.252 e. The fourth-order valence-electron chi connectivity index (χ4n) is 4.20. The number of aromatic nitrogens is 2. The molecule has 0 saturated carbocycles. The van der Waals surface area contributed by atoms with Gasteiger partial charge in [-0.2, -0.15) is 5.10 Å². The lowest BCUT2D eigenvalue weighted by Crippen LogP contribution is -2.49. The van der Waals surface area contributed by atoms with E-state index >= 15 is 0 Å². The van der Waals surface area contributed by atoms with Crippen molar-refractivity contribution < 1.29 is 9.59 Å². The van der Waals surface area contributed by atoms with Gasteiger partial charge in [-0.3, -0.25) is 14.3 Å². The lowest BCUT2D eigenvalue weighted by Gasteiger charge is -2.22. The van der Waals surface area contributed by atoms with Gasteiger partial charge in [0.05, 0.1) is 6.54 Å². The monoisotopic (exact) mass is 480 g/mol. The maximum absolute atomic E-state index is 13.1. The summed E-state index contributed by atoms with van der Waals surface area (Å²) < 4.78 is 1.89. The lowest BCUT2D eigenvalue weighted by atomic mass is 9.98. The summed E-state index contributed by atoms with van der Waals surface area (Å²) in [4.78, 5) is 25.9. The molecule has 2 amide bonds. The van der Waals surface area contributed by atoms with Crippen molar-refractivity contribution in [1.82, 2.24) is 20.4 Å². The first-order chi connectivity index (χ1) is 17.4. The van der Waals surface area contributed by atoms with Crippen LogP contribution in [0.4, 0.5) is 0 Å². The Hall–Kier alpha value is -4.19. The minimum absolute atomic E-state index is 0.0597. The van der Waals surface area contributed by atoms with Gasteiger partial charge in [0.25, 0.3) is 5.91 Å². The molecule has 1 heterocycles. The third-order valence-corrected chi connectivity index (χ3v) is 6.26. The Morgan fingerprint density at radius 3 is 2.33 bits per heavy atom. The van der Waals surface area contributed by atoms with Crippen LogP contribution in [-0.4, -0.2) is 27.6 Å². The normalized spacial score (nSPS) is 11.8. The average Bonchev–Trinajstić information content (AvgIpc) is 3.39. The van der Waals surface area contributed by atoms with E-state index in [2.05, 4.69) is 46.1 Å². The van der Waals surface area contributed by atoms with E-state index in [0.29, 0.717) is 12.1 Å². The Balaban J connectivity index is 1.44. The van der Waals surface area contributed by atoms with Crippen LogP contribution in [0.25, 0.3) is 11.1 Å². The molecule has 0 aliphatic carbocycles. The van der Waals surface area contributed by atoms with Crippen molar-refractivity contribution in [3.63, 3.8) is 0 Å². The Morgan fingerprint density at radius 2 is 1.64 bits per heavy atom. The molecule has 1 atom stereocenters. The van der Waals surface area contributed by atoms with Crippen LogP contribution < -0.4 is 10.6 Å². The second-order valence-corrected chi connectivity index (χ2v) is 9.29. The van der Waals surface area contributed by atoms with E-state index in [0.717, 1.165) is 34.4 Å². The number of carbonyl (C=O) groups is 2. The average molecular weight is 481 g/mol. The van der Waals surface area contributed by atoms with Gasteiger partial charge in [0.1, 0.15) is 6.04 Å². The predicted molar refractivity (Wildman–Crippen MR) is 142 cm³/mol. The van der Waals surface area contributed by atoms with Crippen molar-refractivity contribution in [2.45, 2.75) is 39.9 Å². The summed E-state index contributed by atoms with van der Waals surface area (Å²) in [5.41, 5.74) is 5.78. The van der Waals surface area contributed by atoms with Crippen LogP contribution in [0, 0.1) is 12.8 Å². The third kappa shape index (κ3) is 6.08. The van der Waals surface area contributed by atoms with Crippen molar-refractivity contribution in [3.05, 3.63) is 114 Å². The van der Waals surface area contributed by atoms with Gasteiger partial charge < -0.3 is 10.6 Å². The van der Waals surface area contributed by atoms with Crippen LogP contribution >= 0.6 is 0 Å². The molecule has 0 aliphatic rings. The predicted octanol–water partition coefficient (Wildman–Crippen LogP) is 4.98. The summed E-state index contributed by atoms with van der Waals surface area (Å²) in [7, 11) is 0. The molecule has 184 valence electrons. The summed E-state index contributed by atoms with van der Waals surface area (Å²) in [6.07, 6.45) is 3.72. The molecule has 2 N–H and O–H groups in total. The Morgan fingerprint density at radius 1 is 0.917 bits per heavy atom. The van der Waals surface area contributed by atoms with Gasteiger partial charge >= 0.3 is 0 Å². The van der Waals surface area contributed by atoms with E-state index in [4.69, 9.17) is 0 Å². The van der Waals surface area contributed by atoms with Crippen molar-refractivity contribution >= 4 is 11.8 Å². The van der Waals surface area contributed by atoms with Crippen molar-refractivity contribution in [1.29, 1.82) is 0 Å². The summed E-state index contributed by atoms with van der Waals surface area (Å²) in [5, 5.41) is 10.2. The molecule has 3 aromatic carbocycles.